The molecule has 1 N–H and O–H groups in total. The van der Waals surface area contributed by atoms with Crippen LogP contribution < -0.4 is 9.04 Å². The number of ether oxygens (including phenoxy) is 1. The molecule has 3 aromatic rings. The number of hydrogen-bond acceptors (Lipinski definition) is 4. The van der Waals surface area contributed by atoms with Crippen LogP contribution in [0.4, 0.5) is 14.5 Å². The monoisotopic (exact) mass is 525 g/mol. The van der Waals surface area contributed by atoms with Gasteiger partial charge in [-0.05, 0) is 73.4 Å². The van der Waals surface area contributed by atoms with Crippen LogP contribution in [0.3, 0.4) is 0 Å². The van der Waals surface area contributed by atoms with Crippen LogP contribution >= 0.6 is 0 Å². The second-order valence-electron chi connectivity index (χ2n) is 9.79. The number of sulfonamides is 1. The number of nitrogens with zero attached hydrogens (tertiary/aromatic N) is 1. The number of fused-ring (bicyclic) bond motifs is 1. The molecule has 1 fully saturated rings. The van der Waals surface area contributed by atoms with Crippen molar-refractivity contribution in [3.8, 4) is 16.9 Å². The molecular weight excluding hydrogens is 500 g/mol. The molecule has 0 aromatic heterocycles. The molecule has 1 saturated carbocycles. The number of anilines is 1. The maximum absolute atomic E-state index is 14.5. The number of benzene rings is 3. The summed E-state index contributed by atoms with van der Waals surface area (Å²) >= 11 is 0. The van der Waals surface area contributed by atoms with Crippen molar-refractivity contribution >= 4 is 21.7 Å². The van der Waals surface area contributed by atoms with Crippen LogP contribution in [0, 0.1) is 24.0 Å². The van der Waals surface area contributed by atoms with Crippen LogP contribution in [0.15, 0.2) is 77.7 Å². The normalized spacial score (nSPS) is 18.5. The largest absolute Gasteiger partial charge is 0.486 e. The van der Waals surface area contributed by atoms with Crippen molar-refractivity contribution in [3.05, 3.63) is 90.0 Å². The lowest BCUT2D eigenvalue weighted by Gasteiger charge is -2.44. The first-order chi connectivity index (χ1) is 17.5. The van der Waals surface area contributed by atoms with Crippen LogP contribution in [0.25, 0.3) is 11.1 Å². The molecular formula is C28H25F2NO5S. The highest BCUT2D eigenvalue weighted by Crippen LogP contribution is 2.50. The third-order valence-corrected chi connectivity index (χ3v) is 8.73. The fourth-order valence-electron chi connectivity index (χ4n) is 5.16. The van der Waals surface area contributed by atoms with E-state index in [-0.39, 0.29) is 40.4 Å². The first kappa shape index (κ1) is 25.0. The van der Waals surface area contributed by atoms with Gasteiger partial charge in [-0.2, -0.15) is 0 Å². The predicted molar refractivity (Wildman–Crippen MR) is 135 cm³/mol. The number of carbonyl (C=O) groups is 1. The lowest BCUT2D eigenvalue weighted by atomic mass is 9.63. The molecule has 192 valence electrons. The van der Waals surface area contributed by atoms with Gasteiger partial charge in [0.15, 0.2) is 0 Å². The number of allylic oxidation sites excluding steroid dienone is 1. The molecule has 5 rings (SSSR count). The topological polar surface area (TPSA) is 83.9 Å². The smallest absolute Gasteiger partial charge is 0.310 e. The summed E-state index contributed by atoms with van der Waals surface area (Å²) in [6.07, 6.45) is -0.0383. The van der Waals surface area contributed by atoms with E-state index in [0.717, 1.165) is 29.3 Å². The second kappa shape index (κ2) is 8.99. The minimum Gasteiger partial charge on any atom is -0.486 e. The number of aliphatic carboxylic acids is 1. The zero-order valence-corrected chi connectivity index (χ0v) is 20.9. The maximum atomic E-state index is 14.5. The summed E-state index contributed by atoms with van der Waals surface area (Å²) in [5, 5.41) is 9.88. The fourth-order valence-corrected chi connectivity index (χ4v) is 6.76. The van der Waals surface area contributed by atoms with Crippen molar-refractivity contribution in [1.29, 1.82) is 0 Å². The fraction of sp³-hybridized carbons (Fsp3) is 0.250. The van der Waals surface area contributed by atoms with Crippen LogP contribution in [-0.4, -0.2) is 32.1 Å². The van der Waals surface area contributed by atoms with Gasteiger partial charge in [-0.15, -0.1) is 0 Å². The van der Waals surface area contributed by atoms with E-state index in [2.05, 4.69) is 6.58 Å². The highest BCUT2D eigenvalue weighted by molar-refractivity contribution is 7.92. The molecule has 0 spiro atoms. The van der Waals surface area contributed by atoms with Crippen molar-refractivity contribution in [2.24, 2.45) is 5.41 Å². The Balaban J connectivity index is 1.60. The number of carboxylic acids is 1. The lowest BCUT2D eigenvalue weighted by Crippen LogP contribution is -2.49. The maximum Gasteiger partial charge on any atom is 0.310 e. The molecule has 1 aliphatic heterocycles. The highest BCUT2D eigenvalue weighted by atomic mass is 32.2. The second-order valence-corrected chi connectivity index (χ2v) is 11.7. The third-order valence-electron chi connectivity index (χ3n) is 6.96. The van der Waals surface area contributed by atoms with Crippen LogP contribution in [-0.2, 0) is 14.8 Å². The number of aryl methyl sites for hydroxylation is 1. The van der Waals surface area contributed by atoms with Gasteiger partial charge < -0.3 is 9.84 Å². The van der Waals surface area contributed by atoms with Crippen molar-refractivity contribution in [3.63, 3.8) is 0 Å². The average molecular weight is 526 g/mol. The summed E-state index contributed by atoms with van der Waals surface area (Å²) in [4.78, 5) is 12.1. The highest BCUT2D eigenvalue weighted by Gasteiger charge is 2.50. The lowest BCUT2D eigenvalue weighted by molar-refractivity contribution is -0.153. The molecule has 9 heteroatoms. The van der Waals surface area contributed by atoms with Crippen molar-refractivity contribution in [2.75, 3.05) is 10.8 Å². The zero-order valence-electron chi connectivity index (χ0n) is 20.1. The van der Waals surface area contributed by atoms with E-state index < -0.39 is 39.1 Å². The van der Waals surface area contributed by atoms with E-state index in [1.165, 1.54) is 28.6 Å². The summed E-state index contributed by atoms with van der Waals surface area (Å²) < 4.78 is 63.4. The molecule has 1 atom stereocenters. The Labute approximate surface area is 213 Å². The molecule has 0 unspecified atom stereocenters. The van der Waals surface area contributed by atoms with Gasteiger partial charge in [0.05, 0.1) is 22.5 Å². The zero-order chi connectivity index (χ0) is 26.5. The summed E-state index contributed by atoms with van der Waals surface area (Å²) in [5.74, 6) is -2.04. The van der Waals surface area contributed by atoms with Gasteiger partial charge in [0.2, 0.25) is 0 Å². The number of carboxylic acid groups (broad SMARTS) is 1. The number of rotatable bonds is 6. The standard InChI is InChI=1S/C28H25F2NO5S/c1-17-4-3-5-22(10-17)37(34,35)31-16-21(15-28(27(32)33)13-18(2)14-28)36-26-9-6-19(11-25(26)31)23-12-20(29)7-8-24(23)30/h3-12,21H,2,13-16H2,1H3,(H,32,33)/t21-/m0/s1. The molecule has 1 aliphatic carbocycles. The minimum atomic E-state index is -4.10. The summed E-state index contributed by atoms with van der Waals surface area (Å²) in [6.45, 7) is 5.49. The summed E-state index contributed by atoms with van der Waals surface area (Å²) in [7, 11) is -4.10. The molecule has 2 aliphatic rings. The Bertz CT molecular complexity index is 1530. The van der Waals surface area contributed by atoms with Gasteiger partial charge in [0.1, 0.15) is 23.5 Å². The molecule has 6 nitrogen and oxygen atoms in total. The molecule has 0 saturated heterocycles. The SMILES string of the molecule is C=C1CC(C[C@H]2CN(S(=O)(=O)c3cccc(C)c3)c3cc(-c4cc(F)ccc4F)ccc3O2)(C(=O)O)C1. The van der Waals surface area contributed by atoms with Gasteiger partial charge in [-0.25, -0.2) is 17.2 Å². The van der Waals surface area contributed by atoms with E-state index in [4.69, 9.17) is 4.74 Å². The summed E-state index contributed by atoms with van der Waals surface area (Å²) in [6, 6.07) is 14.0. The quantitative estimate of drug-likeness (QED) is 0.417. The first-order valence-corrected chi connectivity index (χ1v) is 13.2. The van der Waals surface area contributed by atoms with Crippen molar-refractivity contribution in [2.45, 2.75) is 37.2 Å². The van der Waals surface area contributed by atoms with Crippen LogP contribution in [0.1, 0.15) is 24.8 Å². The Morgan fingerprint density at radius 3 is 2.57 bits per heavy atom. The van der Waals surface area contributed by atoms with Crippen LogP contribution in [0.2, 0.25) is 0 Å². The minimum absolute atomic E-state index is 0.0179. The molecule has 0 amide bonds. The van der Waals surface area contributed by atoms with E-state index in [0.29, 0.717) is 12.8 Å². The Morgan fingerprint density at radius 2 is 1.89 bits per heavy atom. The number of hydrogen-bond donors (Lipinski definition) is 1. The van der Waals surface area contributed by atoms with E-state index in [1.54, 1.807) is 25.1 Å². The van der Waals surface area contributed by atoms with E-state index >= 15 is 0 Å². The average Bonchev–Trinajstić information content (AvgIpc) is 2.83. The van der Waals surface area contributed by atoms with E-state index in [1.807, 2.05) is 0 Å². The van der Waals surface area contributed by atoms with Crippen molar-refractivity contribution in [1.82, 2.24) is 0 Å². The molecule has 0 bridgehead atoms. The summed E-state index contributed by atoms with van der Waals surface area (Å²) in [5.41, 5.74) is 0.934. The third kappa shape index (κ3) is 4.48. The Morgan fingerprint density at radius 1 is 1.14 bits per heavy atom. The van der Waals surface area contributed by atoms with Crippen LogP contribution in [0.5, 0.6) is 5.75 Å². The predicted octanol–water partition coefficient (Wildman–Crippen LogP) is 5.71. The van der Waals surface area contributed by atoms with Crippen molar-refractivity contribution < 1.29 is 31.8 Å². The van der Waals surface area contributed by atoms with Gasteiger partial charge in [0.25, 0.3) is 10.0 Å². The van der Waals surface area contributed by atoms with Gasteiger partial charge in [-0.1, -0.05) is 30.4 Å². The number of halogens is 2. The first-order valence-electron chi connectivity index (χ1n) is 11.7. The molecule has 1 heterocycles. The van der Waals surface area contributed by atoms with E-state index in [9.17, 15) is 27.1 Å². The molecule has 3 aromatic carbocycles. The molecule has 0 radical (unpaired) electrons. The van der Waals surface area contributed by atoms with Gasteiger partial charge in [0, 0.05) is 12.0 Å². The Kier molecular flexibility index (Phi) is 6.06. The Hall–Kier alpha value is -3.72. The van der Waals surface area contributed by atoms with Gasteiger partial charge >= 0.3 is 5.97 Å². The molecule has 37 heavy (non-hydrogen) atoms. The van der Waals surface area contributed by atoms with Gasteiger partial charge in [-0.3, -0.25) is 9.10 Å².